The first-order valence-corrected chi connectivity index (χ1v) is 9.15. The fourth-order valence-corrected chi connectivity index (χ4v) is 3.27. The van der Waals surface area contributed by atoms with Gasteiger partial charge in [-0.15, -0.1) is 10.2 Å². The van der Waals surface area contributed by atoms with Crippen molar-refractivity contribution in [2.45, 2.75) is 19.8 Å². The summed E-state index contributed by atoms with van der Waals surface area (Å²) < 4.78 is 1.68. The van der Waals surface area contributed by atoms with Crippen LogP contribution in [0.5, 0.6) is 0 Å². The van der Waals surface area contributed by atoms with E-state index in [0.29, 0.717) is 5.82 Å². The number of nitrogens with zero attached hydrogens (tertiary/aromatic N) is 5. The van der Waals surface area contributed by atoms with E-state index in [2.05, 4.69) is 25.5 Å². The Hall–Kier alpha value is -3.22. The molecule has 2 aromatic heterocycles. The summed E-state index contributed by atoms with van der Waals surface area (Å²) in [5, 5.41) is 15.7. The van der Waals surface area contributed by atoms with Crippen molar-refractivity contribution < 1.29 is 4.79 Å². The van der Waals surface area contributed by atoms with Gasteiger partial charge in [0.25, 0.3) is 0 Å². The first-order valence-electron chi connectivity index (χ1n) is 9.15. The van der Waals surface area contributed by atoms with E-state index in [-0.39, 0.29) is 11.8 Å². The van der Waals surface area contributed by atoms with Gasteiger partial charge >= 0.3 is 0 Å². The molecule has 3 aromatic rings. The van der Waals surface area contributed by atoms with E-state index >= 15 is 0 Å². The molecule has 4 rings (SSSR count). The van der Waals surface area contributed by atoms with Gasteiger partial charge in [-0.25, -0.2) is 4.68 Å². The van der Waals surface area contributed by atoms with Crippen LogP contribution in [0, 0.1) is 12.8 Å². The molecule has 0 bridgehead atoms. The quantitative estimate of drug-likeness (QED) is 0.772. The summed E-state index contributed by atoms with van der Waals surface area (Å²) in [6.07, 6.45) is 5.16. The maximum absolute atomic E-state index is 12.5. The van der Waals surface area contributed by atoms with Gasteiger partial charge in [-0.2, -0.15) is 5.10 Å². The molecular formula is C20H22N6O. The number of aryl methyl sites for hydroxylation is 1. The van der Waals surface area contributed by atoms with E-state index in [1.54, 1.807) is 10.9 Å². The number of anilines is 2. The molecule has 1 aliphatic rings. The predicted octanol–water partition coefficient (Wildman–Crippen LogP) is 2.83. The van der Waals surface area contributed by atoms with Crippen molar-refractivity contribution in [3.63, 3.8) is 0 Å². The van der Waals surface area contributed by atoms with E-state index in [9.17, 15) is 4.79 Å². The van der Waals surface area contributed by atoms with Crippen molar-refractivity contribution in [2.75, 3.05) is 23.3 Å². The minimum atomic E-state index is 0.0267. The summed E-state index contributed by atoms with van der Waals surface area (Å²) in [4.78, 5) is 14.7. The Kier molecular flexibility index (Phi) is 4.82. The fourth-order valence-electron chi connectivity index (χ4n) is 3.27. The summed E-state index contributed by atoms with van der Waals surface area (Å²) in [5.74, 6) is 1.65. The number of amides is 1. The molecule has 0 atom stereocenters. The molecule has 0 aliphatic carbocycles. The van der Waals surface area contributed by atoms with Crippen LogP contribution in [-0.2, 0) is 4.79 Å². The van der Waals surface area contributed by atoms with Gasteiger partial charge in [0.05, 0.1) is 0 Å². The number of carbonyl (C=O) groups excluding carboxylic acids is 1. The second kappa shape index (κ2) is 7.57. The molecule has 138 valence electrons. The van der Waals surface area contributed by atoms with Crippen LogP contribution in [0.2, 0.25) is 0 Å². The standard InChI is InChI=1S/C20H22N6O/c1-15-3-5-17(6-4-15)22-20(27)16-9-13-25(14-10-16)18-7-8-19(24-23-18)26-12-2-11-21-26/h2-8,11-12,16H,9-10,13-14H2,1H3,(H,22,27). The van der Waals surface area contributed by atoms with Crippen LogP contribution in [0.1, 0.15) is 18.4 Å². The van der Waals surface area contributed by atoms with Crippen molar-refractivity contribution in [3.05, 3.63) is 60.4 Å². The first-order chi connectivity index (χ1) is 13.2. The first kappa shape index (κ1) is 17.2. The number of hydrogen-bond acceptors (Lipinski definition) is 5. The monoisotopic (exact) mass is 362 g/mol. The van der Waals surface area contributed by atoms with Crippen LogP contribution < -0.4 is 10.2 Å². The number of aromatic nitrogens is 4. The molecule has 1 N–H and O–H groups in total. The van der Waals surface area contributed by atoms with E-state index in [1.165, 1.54) is 5.56 Å². The molecule has 0 spiro atoms. The SMILES string of the molecule is Cc1ccc(NC(=O)C2CCN(c3ccc(-n4cccn4)nn3)CC2)cc1. The smallest absolute Gasteiger partial charge is 0.227 e. The lowest BCUT2D eigenvalue weighted by atomic mass is 9.96. The number of piperidine rings is 1. The molecule has 0 radical (unpaired) electrons. The molecule has 27 heavy (non-hydrogen) atoms. The van der Waals surface area contributed by atoms with Gasteiger partial charge in [0, 0.05) is 37.1 Å². The van der Waals surface area contributed by atoms with E-state index in [4.69, 9.17) is 0 Å². The molecule has 7 heteroatoms. The molecular weight excluding hydrogens is 340 g/mol. The maximum atomic E-state index is 12.5. The molecule has 1 aliphatic heterocycles. The Bertz CT molecular complexity index is 881. The molecule has 7 nitrogen and oxygen atoms in total. The maximum Gasteiger partial charge on any atom is 0.227 e. The summed E-state index contributed by atoms with van der Waals surface area (Å²) in [5.41, 5.74) is 2.04. The lowest BCUT2D eigenvalue weighted by molar-refractivity contribution is -0.120. The average Bonchev–Trinajstić information content (AvgIpc) is 3.25. The lowest BCUT2D eigenvalue weighted by Gasteiger charge is -2.31. The molecule has 1 aromatic carbocycles. The van der Waals surface area contributed by atoms with Gasteiger partial charge in [0.15, 0.2) is 11.6 Å². The summed E-state index contributed by atoms with van der Waals surface area (Å²) >= 11 is 0. The molecule has 0 unspecified atom stereocenters. The van der Waals surface area contributed by atoms with Crippen molar-refractivity contribution in [1.82, 2.24) is 20.0 Å². The molecule has 1 saturated heterocycles. The second-order valence-corrected chi connectivity index (χ2v) is 6.82. The lowest BCUT2D eigenvalue weighted by Crippen LogP contribution is -2.38. The van der Waals surface area contributed by atoms with Gasteiger partial charge in [0.1, 0.15) is 0 Å². The van der Waals surface area contributed by atoms with Crippen LogP contribution >= 0.6 is 0 Å². The molecule has 1 fully saturated rings. The third kappa shape index (κ3) is 3.97. The number of nitrogens with one attached hydrogen (secondary N) is 1. The zero-order valence-electron chi connectivity index (χ0n) is 15.2. The topological polar surface area (TPSA) is 75.9 Å². The summed E-state index contributed by atoms with van der Waals surface area (Å²) in [6.45, 7) is 3.62. The van der Waals surface area contributed by atoms with E-state index in [0.717, 1.165) is 37.4 Å². The van der Waals surface area contributed by atoms with Gasteiger partial charge in [-0.1, -0.05) is 17.7 Å². The summed E-state index contributed by atoms with van der Waals surface area (Å²) in [6, 6.07) is 13.6. The fraction of sp³-hybridized carbons (Fsp3) is 0.300. The van der Waals surface area contributed by atoms with Crippen LogP contribution in [0.4, 0.5) is 11.5 Å². The minimum absolute atomic E-state index is 0.0267. The normalized spacial score (nSPS) is 14.9. The van der Waals surface area contributed by atoms with Crippen molar-refractivity contribution in [2.24, 2.45) is 5.92 Å². The highest BCUT2D eigenvalue weighted by molar-refractivity contribution is 5.92. The predicted molar refractivity (Wildman–Crippen MR) is 104 cm³/mol. The van der Waals surface area contributed by atoms with Crippen LogP contribution in [0.25, 0.3) is 5.82 Å². The number of benzene rings is 1. The average molecular weight is 362 g/mol. The van der Waals surface area contributed by atoms with Crippen molar-refractivity contribution in [3.8, 4) is 5.82 Å². The van der Waals surface area contributed by atoms with Crippen LogP contribution in [0.3, 0.4) is 0 Å². The van der Waals surface area contributed by atoms with Crippen LogP contribution in [0.15, 0.2) is 54.9 Å². The van der Waals surface area contributed by atoms with Crippen molar-refractivity contribution in [1.29, 1.82) is 0 Å². The van der Waals surface area contributed by atoms with E-state index < -0.39 is 0 Å². The van der Waals surface area contributed by atoms with Gasteiger partial charge < -0.3 is 10.2 Å². The number of rotatable bonds is 4. The molecule has 0 saturated carbocycles. The number of carbonyl (C=O) groups is 1. The Morgan fingerprint density at radius 2 is 1.74 bits per heavy atom. The zero-order valence-corrected chi connectivity index (χ0v) is 15.2. The largest absolute Gasteiger partial charge is 0.355 e. The Balaban J connectivity index is 1.33. The third-order valence-electron chi connectivity index (χ3n) is 4.88. The Labute approximate surface area is 158 Å². The highest BCUT2D eigenvalue weighted by Gasteiger charge is 2.25. The minimum Gasteiger partial charge on any atom is -0.355 e. The Morgan fingerprint density at radius 1 is 1.04 bits per heavy atom. The second-order valence-electron chi connectivity index (χ2n) is 6.82. The number of hydrogen-bond donors (Lipinski definition) is 1. The zero-order chi connectivity index (χ0) is 18.6. The molecule has 1 amide bonds. The van der Waals surface area contributed by atoms with Gasteiger partial charge in [0.2, 0.25) is 5.91 Å². The van der Waals surface area contributed by atoms with E-state index in [1.807, 2.05) is 55.6 Å². The van der Waals surface area contributed by atoms with Crippen LogP contribution in [-0.4, -0.2) is 39.0 Å². The third-order valence-corrected chi connectivity index (χ3v) is 4.88. The highest BCUT2D eigenvalue weighted by atomic mass is 16.1. The van der Waals surface area contributed by atoms with Gasteiger partial charge in [-0.3, -0.25) is 4.79 Å². The van der Waals surface area contributed by atoms with Crippen molar-refractivity contribution >= 4 is 17.4 Å². The van der Waals surface area contributed by atoms with Gasteiger partial charge in [-0.05, 0) is 50.1 Å². The summed E-state index contributed by atoms with van der Waals surface area (Å²) in [7, 11) is 0. The Morgan fingerprint density at radius 3 is 2.37 bits per heavy atom. The molecule has 3 heterocycles. The highest BCUT2D eigenvalue weighted by Crippen LogP contribution is 2.23.